The number of hydrogen-bond acceptors (Lipinski definition) is 16. The highest BCUT2D eigenvalue weighted by atomic mass is 28.4. The number of hydrogen-bond donors (Lipinski definition) is 5. The van der Waals surface area contributed by atoms with E-state index in [1.54, 1.807) is 42.7 Å². The van der Waals surface area contributed by atoms with E-state index in [0.717, 1.165) is 70.1 Å². The van der Waals surface area contributed by atoms with Crippen LogP contribution in [0.1, 0.15) is 60.3 Å². The first kappa shape index (κ1) is 57.9. The Kier molecular flexibility index (Phi) is 47.0. The van der Waals surface area contributed by atoms with Crippen molar-refractivity contribution in [3.63, 3.8) is 0 Å². The third-order valence-electron chi connectivity index (χ3n) is 7.20. The molecule has 0 heterocycles. The van der Waals surface area contributed by atoms with E-state index in [1.807, 2.05) is 34.6 Å². The van der Waals surface area contributed by atoms with Gasteiger partial charge in [0.05, 0.1) is 0 Å². The summed E-state index contributed by atoms with van der Waals surface area (Å²) in [5.41, 5.74) is 22.1. The van der Waals surface area contributed by atoms with Crippen molar-refractivity contribution in [1.82, 2.24) is 5.32 Å². The van der Waals surface area contributed by atoms with Crippen LogP contribution >= 0.6 is 0 Å². The molecule has 0 fully saturated rings. The molecule has 0 saturated carbocycles. The van der Waals surface area contributed by atoms with Crippen LogP contribution in [0.25, 0.3) is 0 Å². The molecule has 0 spiro atoms. The molecular weight excluding hydrogens is 731 g/mol. The van der Waals surface area contributed by atoms with Gasteiger partial charge in [0.1, 0.15) is 0 Å². The smallest absolute Gasteiger partial charge is 0.395 e. The fourth-order valence-corrected chi connectivity index (χ4v) is 12.0. The second-order valence-corrected chi connectivity index (χ2v) is 22.2. The van der Waals surface area contributed by atoms with Crippen LogP contribution in [0.5, 0.6) is 0 Å². The average molecular weight is 814 g/mol. The van der Waals surface area contributed by atoms with Gasteiger partial charge in [-0.05, 0) is 118 Å². The molecule has 0 aromatic heterocycles. The summed E-state index contributed by atoms with van der Waals surface area (Å²) in [7, 11) is 1.22. The molecule has 0 amide bonds. The maximum Gasteiger partial charge on any atom is 0.500 e. The Morgan fingerprint density at radius 3 is 1.25 bits per heavy atom. The molecule has 0 aliphatic heterocycles. The van der Waals surface area contributed by atoms with E-state index in [2.05, 4.69) is 11.9 Å². The molecule has 0 saturated heterocycles. The number of rotatable bonds is 31. The lowest BCUT2D eigenvalue weighted by atomic mass is 10.1. The molecule has 314 valence electrons. The Morgan fingerprint density at radius 1 is 0.549 bits per heavy atom. The van der Waals surface area contributed by atoms with Crippen LogP contribution in [0.2, 0.25) is 24.7 Å². The molecule has 0 aromatic carbocycles. The monoisotopic (exact) mass is 814 g/mol. The quantitative estimate of drug-likeness (QED) is 0.0501. The molecular formula is C31H83N5O11Si4. The van der Waals surface area contributed by atoms with Gasteiger partial charge in [0.2, 0.25) is 0 Å². The predicted molar refractivity (Wildman–Crippen MR) is 216 cm³/mol. The van der Waals surface area contributed by atoms with E-state index < -0.39 is 35.7 Å². The van der Waals surface area contributed by atoms with Gasteiger partial charge in [-0.1, -0.05) is 0 Å². The molecule has 0 bridgehead atoms. The fraction of sp³-hybridized carbons (Fsp3) is 1.00. The van der Waals surface area contributed by atoms with Crippen molar-refractivity contribution in [3.8, 4) is 0 Å². The largest absolute Gasteiger partial charge is 0.500 e. The lowest BCUT2D eigenvalue weighted by Crippen LogP contribution is -2.46. The van der Waals surface area contributed by atoms with Crippen LogP contribution in [-0.4, -0.2) is 151 Å². The second kappa shape index (κ2) is 41.4. The van der Waals surface area contributed by atoms with Crippen molar-refractivity contribution >= 4 is 35.7 Å². The minimum Gasteiger partial charge on any atom is -0.395 e. The standard InChI is InChI=1S/C13H33N3O2Si.C9H23NO3Si.C6H17NO3Si.C3H10O3Si/c1-4-17-19(3,18-5-2)10-6-9-16-12-13(11-15)7-8-14;1-4-11-14(12-5-2,13-6-3)9-7-8-10;1-8-11(9-2,10-3)6-4-5-7;1-4-7(5-2)6-3/h13,16H,4-12,14-15H2,1-3H3;4-10H2,1-3H3;4-7H2,1-3H3;7H,1-3H3. The first-order chi connectivity index (χ1) is 24.4. The number of nitrogens with two attached hydrogens (primary N) is 4. The Labute approximate surface area is 317 Å². The van der Waals surface area contributed by atoms with Crippen LogP contribution in [0.3, 0.4) is 0 Å². The Morgan fingerprint density at radius 2 is 0.961 bits per heavy atom. The highest BCUT2D eigenvalue weighted by Crippen LogP contribution is 2.18. The minimum absolute atomic E-state index is 0.493. The van der Waals surface area contributed by atoms with Crippen molar-refractivity contribution in [1.29, 1.82) is 0 Å². The lowest BCUT2D eigenvalue weighted by molar-refractivity contribution is 0.0709. The van der Waals surface area contributed by atoms with Crippen molar-refractivity contribution in [2.75, 3.05) is 115 Å². The van der Waals surface area contributed by atoms with E-state index in [-0.39, 0.29) is 0 Å². The van der Waals surface area contributed by atoms with Crippen LogP contribution in [0.4, 0.5) is 0 Å². The summed E-state index contributed by atoms with van der Waals surface area (Å²) in [5.74, 6) is 0.493. The summed E-state index contributed by atoms with van der Waals surface area (Å²) in [6.07, 6.45) is 3.85. The Hall–Kier alpha value is 0.228. The SMILES string of the molecule is CCO[Si](C)(CCCNCC(CN)CCN)OCC.CCO[Si](CCCN)(OCC)OCC.CO[SiH](OC)OC.CO[Si](CCCN)(OC)OC. The summed E-state index contributed by atoms with van der Waals surface area (Å²) in [6.45, 7) is 20.1. The van der Waals surface area contributed by atoms with Gasteiger partial charge in [-0.25, -0.2) is 0 Å². The van der Waals surface area contributed by atoms with Crippen molar-refractivity contribution in [3.05, 3.63) is 0 Å². The van der Waals surface area contributed by atoms with E-state index in [1.165, 1.54) is 0 Å². The molecule has 0 aliphatic rings. The zero-order valence-corrected chi connectivity index (χ0v) is 38.8. The zero-order valence-electron chi connectivity index (χ0n) is 34.7. The third kappa shape index (κ3) is 33.3. The number of nitrogens with one attached hydrogen (secondary N) is 1. The summed E-state index contributed by atoms with van der Waals surface area (Å²) in [4.78, 5) is 0. The molecule has 20 heteroatoms. The maximum absolute atomic E-state index is 5.81. The first-order valence-electron chi connectivity index (χ1n) is 18.4. The van der Waals surface area contributed by atoms with Crippen LogP contribution in [0.15, 0.2) is 0 Å². The molecule has 1 unspecified atom stereocenters. The lowest BCUT2D eigenvalue weighted by Gasteiger charge is -2.28. The van der Waals surface area contributed by atoms with Gasteiger partial charge >= 0.3 is 35.7 Å². The van der Waals surface area contributed by atoms with Gasteiger partial charge in [0, 0.05) is 87.8 Å². The van der Waals surface area contributed by atoms with Gasteiger partial charge in [0.25, 0.3) is 0 Å². The molecule has 16 nitrogen and oxygen atoms in total. The topological polar surface area (TPSA) is 218 Å². The normalized spacial score (nSPS) is 12.4. The first-order valence-corrected chi connectivity index (χ1v) is 26.2. The summed E-state index contributed by atoms with van der Waals surface area (Å²) in [5, 5.41) is 3.45. The Bertz CT molecular complexity index is 649. The van der Waals surface area contributed by atoms with Gasteiger partial charge < -0.3 is 76.9 Å². The molecule has 0 aromatic rings. The summed E-state index contributed by atoms with van der Waals surface area (Å²) in [6, 6.07) is 2.64. The van der Waals surface area contributed by atoms with Crippen LogP contribution in [-0.2, 0) is 48.7 Å². The van der Waals surface area contributed by atoms with Crippen LogP contribution in [0, 0.1) is 5.92 Å². The zero-order chi connectivity index (χ0) is 39.9. The van der Waals surface area contributed by atoms with E-state index in [9.17, 15) is 0 Å². The fourth-order valence-electron chi connectivity index (χ4n) is 4.66. The van der Waals surface area contributed by atoms with Gasteiger partial charge in [-0.3, -0.25) is 0 Å². The van der Waals surface area contributed by atoms with Crippen molar-refractivity contribution in [2.45, 2.75) is 85.0 Å². The summed E-state index contributed by atoms with van der Waals surface area (Å²) < 4.78 is 58.3. The molecule has 0 radical (unpaired) electrons. The van der Waals surface area contributed by atoms with E-state index >= 15 is 0 Å². The highest BCUT2D eigenvalue weighted by Gasteiger charge is 2.39. The van der Waals surface area contributed by atoms with Gasteiger partial charge in [0.15, 0.2) is 0 Å². The maximum atomic E-state index is 5.81. The Balaban J connectivity index is -0.000000306. The summed E-state index contributed by atoms with van der Waals surface area (Å²) >= 11 is 0. The van der Waals surface area contributed by atoms with E-state index in [0.29, 0.717) is 51.9 Å². The average Bonchev–Trinajstić information content (AvgIpc) is 3.13. The van der Waals surface area contributed by atoms with Crippen molar-refractivity contribution in [2.24, 2.45) is 28.9 Å². The van der Waals surface area contributed by atoms with Gasteiger partial charge in [-0.2, -0.15) is 0 Å². The molecule has 0 aliphatic carbocycles. The molecule has 51 heavy (non-hydrogen) atoms. The minimum atomic E-state index is -2.40. The van der Waals surface area contributed by atoms with Crippen molar-refractivity contribution < 1.29 is 48.7 Å². The molecule has 1 atom stereocenters. The van der Waals surface area contributed by atoms with E-state index in [4.69, 9.17) is 71.6 Å². The predicted octanol–water partition coefficient (Wildman–Crippen LogP) is 2.27. The highest BCUT2D eigenvalue weighted by molar-refractivity contribution is 6.66. The van der Waals surface area contributed by atoms with Gasteiger partial charge in [-0.15, -0.1) is 0 Å². The van der Waals surface area contributed by atoms with Crippen LogP contribution < -0.4 is 28.3 Å². The second-order valence-electron chi connectivity index (χ2n) is 11.0. The molecule has 9 N–H and O–H groups in total. The third-order valence-corrected chi connectivity index (χ3v) is 17.4. The molecule has 0 rings (SSSR count).